The van der Waals surface area contributed by atoms with Gasteiger partial charge in [-0.25, -0.2) is 0 Å². The summed E-state index contributed by atoms with van der Waals surface area (Å²) in [6, 6.07) is 18.6. The first-order valence-corrected chi connectivity index (χ1v) is 10.3. The van der Waals surface area contributed by atoms with Crippen LogP contribution in [0.4, 0.5) is 0 Å². The number of benzene rings is 2. The van der Waals surface area contributed by atoms with Crippen molar-refractivity contribution in [2.45, 2.75) is 48.9 Å². The van der Waals surface area contributed by atoms with E-state index in [-0.39, 0.29) is 10.7 Å². The predicted molar refractivity (Wildman–Crippen MR) is 114 cm³/mol. The zero-order chi connectivity index (χ0) is 19.7. The molecule has 1 N–H and O–H groups in total. The van der Waals surface area contributed by atoms with Gasteiger partial charge in [0, 0.05) is 22.7 Å². The van der Waals surface area contributed by atoms with Crippen molar-refractivity contribution in [3.8, 4) is 5.75 Å². The molecule has 0 saturated heterocycles. The molecule has 0 radical (unpaired) electrons. The lowest BCUT2D eigenvalue weighted by Gasteiger charge is -2.37. The molecule has 2 rings (SSSR count). The Labute approximate surface area is 168 Å². The number of hydrogen-bond donors (Lipinski definition) is 1. The highest BCUT2D eigenvalue weighted by molar-refractivity contribution is 8.00. The van der Waals surface area contributed by atoms with Crippen molar-refractivity contribution >= 4 is 11.8 Å². The average Bonchev–Trinajstić information content (AvgIpc) is 2.69. The van der Waals surface area contributed by atoms with Crippen LogP contribution in [0.5, 0.6) is 5.75 Å². The zero-order valence-electron chi connectivity index (χ0n) is 16.9. The highest BCUT2D eigenvalue weighted by atomic mass is 32.2. The summed E-state index contributed by atoms with van der Waals surface area (Å²) in [6.45, 7) is 4.78. The van der Waals surface area contributed by atoms with Crippen LogP contribution in [0.1, 0.15) is 32.3 Å². The molecule has 0 aliphatic heterocycles. The summed E-state index contributed by atoms with van der Waals surface area (Å²) in [4.78, 5) is 1.14. The number of methoxy groups -OCH3 is 2. The lowest BCUT2D eigenvalue weighted by atomic mass is 9.88. The van der Waals surface area contributed by atoms with Crippen LogP contribution in [0.15, 0.2) is 59.5 Å². The molecular weight excluding hydrogens is 356 g/mol. The first-order chi connectivity index (χ1) is 13.0. The Morgan fingerprint density at radius 1 is 1.04 bits per heavy atom. The summed E-state index contributed by atoms with van der Waals surface area (Å²) in [6.07, 6.45) is 2.51. The lowest BCUT2D eigenvalue weighted by Crippen LogP contribution is -2.42. The van der Waals surface area contributed by atoms with E-state index in [2.05, 4.69) is 50.2 Å². The number of hydrogen-bond acceptors (Lipinski definition) is 4. The van der Waals surface area contributed by atoms with Crippen LogP contribution in [0.25, 0.3) is 0 Å². The van der Waals surface area contributed by atoms with Gasteiger partial charge in [0.1, 0.15) is 5.75 Å². The van der Waals surface area contributed by atoms with Crippen LogP contribution in [-0.4, -0.2) is 36.8 Å². The summed E-state index contributed by atoms with van der Waals surface area (Å²) in [5, 5.41) is 11.1. The first kappa shape index (κ1) is 21.8. The second kappa shape index (κ2) is 10.7. The van der Waals surface area contributed by atoms with E-state index >= 15 is 0 Å². The van der Waals surface area contributed by atoms with Gasteiger partial charge >= 0.3 is 0 Å². The van der Waals surface area contributed by atoms with Crippen molar-refractivity contribution in [3.63, 3.8) is 0 Å². The van der Waals surface area contributed by atoms with Gasteiger partial charge in [0.15, 0.2) is 0 Å². The molecule has 27 heavy (non-hydrogen) atoms. The van der Waals surface area contributed by atoms with Crippen molar-refractivity contribution in [1.29, 1.82) is 0 Å². The molecule has 0 heterocycles. The molecule has 0 aromatic heterocycles. The Morgan fingerprint density at radius 3 is 2.30 bits per heavy atom. The Balaban J connectivity index is 2.10. The van der Waals surface area contributed by atoms with E-state index in [4.69, 9.17) is 9.47 Å². The maximum absolute atomic E-state index is 11.1. The van der Waals surface area contributed by atoms with E-state index in [0.717, 1.165) is 29.9 Å². The highest BCUT2D eigenvalue weighted by Gasteiger charge is 2.37. The molecule has 0 fully saturated rings. The van der Waals surface area contributed by atoms with Crippen LogP contribution >= 0.6 is 11.8 Å². The van der Waals surface area contributed by atoms with Crippen LogP contribution < -0.4 is 4.74 Å². The molecule has 4 heteroatoms. The maximum atomic E-state index is 11.1. The van der Waals surface area contributed by atoms with Crippen molar-refractivity contribution in [1.82, 2.24) is 0 Å². The van der Waals surface area contributed by atoms with E-state index in [1.807, 2.05) is 18.2 Å². The molecule has 3 atom stereocenters. The van der Waals surface area contributed by atoms with Crippen LogP contribution in [0, 0.1) is 5.92 Å². The van der Waals surface area contributed by atoms with Crippen molar-refractivity contribution in [3.05, 3.63) is 60.2 Å². The monoisotopic (exact) mass is 388 g/mol. The van der Waals surface area contributed by atoms with Crippen LogP contribution in [-0.2, 0) is 11.2 Å². The first-order valence-electron chi connectivity index (χ1n) is 9.52. The van der Waals surface area contributed by atoms with Gasteiger partial charge in [0.2, 0.25) is 0 Å². The summed E-state index contributed by atoms with van der Waals surface area (Å²) in [7, 11) is 3.36. The fourth-order valence-electron chi connectivity index (χ4n) is 3.42. The number of thioether (sulfide) groups is 1. The van der Waals surface area contributed by atoms with Gasteiger partial charge in [-0.05, 0) is 56.0 Å². The van der Waals surface area contributed by atoms with Gasteiger partial charge in [-0.1, -0.05) is 37.3 Å². The Morgan fingerprint density at radius 2 is 1.70 bits per heavy atom. The van der Waals surface area contributed by atoms with Crippen LogP contribution in [0.3, 0.4) is 0 Å². The van der Waals surface area contributed by atoms with E-state index < -0.39 is 6.10 Å². The molecule has 0 amide bonds. The average molecular weight is 389 g/mol. The van der Waals surface area contributed by atoms with E-state index in [9.17, 15) is 5.11 Å². The number of aryl methyl sites for hydroxylation is 1. The van der Waals surface area contributed by atoms with E-state index in [0.29, 0.717) is 6.61 Å². The maximum Gasteiger partial charge on any atom is 0.118 e. The minimum absolute atomic E-state index is 0.0717. The normalized spacial score (nSPS) is 15.7. The lowest BCUT2D eigenvalue weighted by molar-refractivity contribution is 0.0326. The number of aliphatic hydroxyl groups is 1. The SMILES string of the molecule is COC[C@@H](C)[C@@H](O)[C@](C)(CCCc1ccccc1)Sc1ccc(OC)cc1. The third-order valence-electron chi connectivity index (χ3n) is 4.99. The van der Waals surface area contributed by atoms with E-state index in [1.54, 1.807) is 26.0 Å². The van der Waals surface area contributed by atoms with Crippen molar-refractivity contribution < 1.29 is 14.6 Å². The van der Waals surface area contributed by atoms with Crippen molar-refractivity contribution in [2.75, 3.05) is 20.8 Å². The Bertz CT molecular complexity index is 659. The Hall–Kier alpha value is -1.49. The smallest absolute Gasteiger partial charge is 0.118 e. The highest BCUT2D eigenvalue weighted by Crippen LogP contribution is 2.42. The molecule has 0 aliphatic carbocycles. The largest absolute Gasteiger partial charge is 0.497 e. The van der Waals surface area contributed by atoms with E-state index in [1.165, 1.54) is 5.56 Å². The third kappa shape index (κ3) is 6.56. The fourth-order valence-corrected chi connectivity index (χ4v) is 4.83. The second-order valence-electron chi connectivity index (χ2n) is 7.31. The number of aliphatic hydroxyl groups excluding tert-OH is 1. The summed E-state index contributed by atoms with van der Waals surface area (Å²) in [5.41, 5.74) is 1.34. The second-order valence-corrected chi connectivity index (χ2v) is 8.92. The fraction of sp³-hybridized carbons (Fsp3) is 0.478. The quantitative estimate of drug-likeness (QED) is 0.536. The van der Waals surface area contributed by atoms with Crippen LogP contribution in [0.2, 0.25) is 0 Å². The van der Waals surface area contributed by atoms with Gasteiger partial charge in [-0.3, -0.25) is 0 Å². The molecule has 0 unspecified atom stereocenters. The van der Waals surface area contributed by atoms with Gasteiger partial charge in [-0.2, -0.15) is 0 Å². The van der Waals surface area contributed by atoms with Gasteiger partial charge < -0.3 is 14.6 Å². The van der Waals surface area contributed by atoms with Gasteiger partial charge in [0.05, 0.1) is 19.8 Å². The minimum Gasteiger partial charge on any atom is -0.497 e. The number of rotatable bonds is 11. The predicted octanol–water partition coefficient (Wildman–Crippen LogP) is 5.21. The molecular formula is C23H32O3S. The molecule has 0 bridgehead atoms. The van der Waals surface area contributed by atoms with Gasteiger partial charge in [0.25, 0.3) is 0 Å². The number of ether oxygens (including phenoxy) is 2. The summed E-state index contributed by atoms with van der Waals surface area (Å²) >= 11 is 1.75. The summed E-state index contributed by atoms with van der Waals surface area (Å²) in [5.74, 6) is 0.918. The molecule has 148 valence electrons. The van der Waals surface area contributed by atoms with Crippen molar-refractivity contribution in [2.24, 2.45) is 5.92 Å². The molecule has 0 saturated carbocycles. The molecule has 3 nitrogen and oxygen atoms in total. The van der Waals surface area contributed by atoms with Gasteiger partial charge in [-0.15, -0.1) is 11.8 Å². The minimum atomic E-state index is -0.458. The standard InChI is InChI=1S/C23H32O3S/c1-18(17-25-3)22(24)23(2,16-8-11-19-9-6-5-7-10-19)27-21-14-12-20(26-4)13-15-21/h5-7,9-10,12-15,18,22,24H,8,11,16-17H2,1-4H3/t18-,22-,23+/m1/s1. The topological polar surface area (TPSA) is 38.7 Å². The third-order valence-corrected chi connectivity index (χ3v) is 6.41. The molecule has 0 aliphatic rings. The Kier molecular flexibility index (Phi) is 8.68. The summed E-state index contributed by atoms with van der Waals surface area (Å²) < 4.78 is 10.3. The molecule has 2 aromatic carbocycles. The molecule has 2 aromatic rings. The zero-order valence-corrected chi connectivity index (χ0v) is 17.7. The molecule has 0 spiro atoms.